The fraction of sp³-hybridized carbons (Fsp3) is 0.400. The minimum atomic E-state index is 0. The zero-order valence-electron chi connectivity index (χ0n) is 7.59. The van der Waals surface area contributed by atoms with Crippen LogP contribution in [0.1, 0.15) is 20.8 Å². The summed E-state index contributed by atoms with van der Waals surface area (Å²) < 4.78 is 2.49. The van der Waals surface area contributed by atoms with Crippen LogP contribution in [0, 0.1) is 6.92 Å². The first-order valence-corrected chi connectivity index (χ1v) is 5.76. The lowest BCUT2D eigenvalue weighted by atomic mass is 10.2. The molecule has 0 aromatic heterocycles. The van der Waals surface area contributed by atoms with Gasteiger partial charge in [-0.3, -0.25) is 0 Å². The van der Waals surface area contributed by atoms with Gasteiger partial charge in [-0.1, -0.05) is 48.5 Å². The zero-order chi connectivity index (χ0) is 8.27. The third-order valence-electron chi connectivity index (χ3n) is 1.76. The Kier molecular flexibility index (Phi) is 3.18. The first-order chi connectivity index (χ1) is 5.18. The Bertz CT molecular complexity index is 216. The number of aryl methyl sites for hydroxylation is 1. The Labute approximate surface area is 76.8 Å². The van der Waals surface area contributed by atoms with Crippen LogP contribution < -0.4 is 4.43 Å². The van der Waals surface area contributed by atoms with Gasteiger partial charge in [0.15, 0.2) is 0 Å². The quantitative estimate of drug-likeness (QED) is 0.587. The van der Waals surface area contributed by atoms with Gasteiger partial charge in [0.25, 0.3) is 15.2 Å². The van der Waals surface area contributed by atoms with Gasteiger partial charge in [0.1, 0.15) is 0 Å². The third kappa shape index (κ3) is 3.10. The van der Waals surface area contributed by atoms with Crippen molar-refractivity contribution in [1.29, 1.82) is 0 Å². The van der Waals surface area contributed by atoms with E-state index >= 15 is 0 Å². The molecule has 1 aromatic carbocycles. The van der Waals surface area contributed by atoms with Crippen LogP contribution >= 0.6 is 0 Å². The van der Waals surface area contributed by atoms with Crippen LogP contribution in [-0.2, 0) is 0 Å². The molecular formula is C10H17Al. The van der Waals surface area contributed by atoms with E-state index in [0.29, 0.717) is 0 Å². The highest BCUT2D eigenvalue weighted by Gasteiger charge is 2.00. The Balaban J connectivity index is 0.00000121. The Morgan fingerprint density at radius 2 is 1.73 bits per heavy atom. The molecule has 11 heavy (non-hydrogen) atoms. The van der Waals surface area contributed by atoms with E-state index in [2.05, 4.69) is 45.0 Å². The molecule has 0 amide bonds. The van der Waals surface area contributed by atoms with Gasteiger partial charge in [-0.15, -0.1) is 4.43 Å². The average Bonchev–Trinajstić information content (AvgIpc) is 1.93. The molecule has 0 saturated carbocycles. The molecule has 60 valence electrons. The van der Waals surface area contributed by atoms with Crippen molar-refractivity contribution in [3.8, 4) is 0 Å². The van der Waals surface area contributed by atoms with E-state index in [0.717, 1.165) is 4.78 Å². The van der Waals surface area contributed by atoms with Crippen molar-refractivity contribution in [3.05, 3.63) is 29.8 Å². The van der Waals surface area contributed by atoms with Gasteiger partial charge in [-0.05, 0) is 6.92 Å². The lowest BCUT2D eigenvalue weighted by Crippen LogP contribution is -2.15. The van der Waals surface area contributed by atoms with Crippen LogP contribution in [0.15, 0.2) is 24.3 Å². The minimum Gasteiger partial charge on any atom is -0.115 e. The van der Waals surface area contributed by atoms with E-state index in [1.165, 1.54) is 5.56 Å². The SMILES string of the molecule is Cc1cc[c]([AlH][CH](C)C)cc1.[HH]. The van der Waals surface area contributed by atoms with Gasteiger partial charge in [-0.2, -0.15) is 0 Å². The predicted octanol–water partition coefficient (Wildman–Crippen LogP) is 2.13. The normalized spacial score (nSPS) is 10.2. The number of rotatable bonds is 2. The molecule has 0 aliphatic carbocycles. The number of hydrogen-bond donors (Lipinski definition) is 0. The van der Waals surface area contributed by atoms with Crippen LogP contribution in [0.2, 0.25) is 4.78 Å². The fourth-order valence-electron chi connectivity index (χ4n) is 1.20. The molecule has 0 nitrogen and oxygen atoms in total. The summed E-state index contributed by atoms with van der Waals surface area (Å²) in [6.45, 7) is 6.76. The third-order valence-corrected chi connectivity index (χ3v) is 3.52. The van der Waals surface area contributed by atoms with Crippen LogP contribution in [0.4, 0.5) is 0 Å². The fourth-order valence-corrected chi connectivity index (χ4v) is 2.65. The lowest BCUT2D eigenvalue weighted by molar-refractivity contribution is 1.07. The van der Waals surface area contributed by atoms with E-state index in [-0.39, 0.29) is 16.6 Å². The summed E-state index contributed by atoms with van der Waals surface area (Å²) in [5.74, 6) is 0. The standard InChI is InChI=1S/C7H7.C3H7.Al.H2.H/c1-7-5-3-2-4-6-7;1-3-2;;;/h3-6H,1H3;3H,1-2H3;;1H;. The maximum Gasteiger partial charge on any atom is 0.285 e. The van der Waals surface area contributed by atoms with Crippen LogP contribution in [0.25, 0.3) is 0 Å². The molecule has 0 spiro atoms. The molecule has 1 rings (SSSR count). The van der Waals surface area contributed by atoms with Gasteiger partial charge in [0.05, 0.1) is 0 Å². The van der Waals surface area contributed by atoms with Crippen LogP contribution in [-0.4, -0.2) is 15.2 Å². The Hall–Kier alpha value is -0.248. The summed E-state index contributed by atoms with van der Waals surface area (Å²) in [5, 5.41) is 0. The molecule has 1 aromatic rings. The summed E-state index contributed by atoms with van der Waals surface area (Å²) in [6.07, 6.45) is 0. The molecule has 0 aliphatic rings. The van der Waals surface area contributed by atoms with Crippen molar-refractivity contribution in [2.24, 2.45) is 0 Å². The predicted molar refractivity (Wildman–Crippen MR) is 55.2 cm³/mol. The molecule has 0 aliphatic heterocycles. The topological polar surface area (TPSA) is 0 Å². The second-order valence-corrected chi connectivity index (χ2v) is 6.44. The summed E-state index contributed by atoms with van der Waals surface area (Å²) >= 11 is 0.00738. The second kappa shape index (κ2) is 3.95. The first kappa shape index (κ1) is 8.85. The van der Waals surface area contributed by atoms with Crippen molar-refractivity contribution < 1.29 is 1.43 Å². The number of hydrogen-bond acceptors (Lipinski definition) is 0. The molecule has 0 N–H and O–H groups in total. The molecule has 0 saturated heterocycles. The highest BCUT2D eigenvalue weighted by atomic mass is 27.1. The van der Waals surface area contributed by atoms with E-state index in [1.807, 2.05) is 0 Å². The molecule has 1 heteroatoms. The monoisotopic (exact) mass is 164 g/mol. The first-order valence-electron chi connectivity index (χ1n) is 4.24. The molecular weight excluding hydrogens is 147 g/mol. The summed E-state index contributed by atoms with van der Waals surface area (Å²) in [6, 6.07) is 8.98. The maximum atomic E-state index is 2.31. The van der Waals surface area contributed by atoms with Gasteiger partial charge in [-0.25, -0.2) is 0 Å². The van der Waals surface area contributed by atoms with E-state index in [9.17, 15) is 0 Å². The molecule has 0 unspecified atom stereocenters. The molecule has 0 bridgehead atoms. The zero-order valence-corrected chi connectivity index (χ0v) is 9.01. The smallest absolute Gasteiger partial charge is 0.115 e. The number of benzene rings is 1. The van der Waals surface area contributed by atoms with Gasteiger partial charge in [0, 0.05) is 1.43 Å². The van der Waals surface area contributed by atoms with Gasteiger partial charge < -0.3 is 0 Å². The Morgan fingerprint density at radius 1 is 1.18 bits per heavy atom. The maximum absolute atomic E-state index is 2.31. The van der Waals surface area contributed by atoms with Crippen LogP contribution in [0.3, 0.4) is 0 Å². The van der Waals surface area contributed by atoms with Crippen molar-refractivity contribution in [2.75, 3.05) is 0 Å². The van der Waals surface area contributed by atoms with Crippen LogP contribution in [0.5, 0.6) is 0 Å². The highest BCUT2D eigenvalue weighted by Crippen LogP contribution is 1.98. The second-order valence-electron chi connectivity index (χ2n) is 3.58. The van der Waals surface area contributed by atoms with Gasteiger partial charge in [0.2, 0.25) is 0 Å². The largest absolute Gasteiger partial charge is 0.285 e. The highest BCUT2D eigenvalue weighted by molar-refractivity contribution is 6.54. The minimum absolute atomic E-state index is 0. The van der Waals surface area contributed by atoms with Crippen molar-refractivity contribution in [1.82, 2.24) is 0 Å². The summed E-state index contributed by atoms with van der Waals surface area (Å²) in [5.41, 5.74) is 1.37. The van der Waals surface area contributed by atoms with Crippen molar-refractivity contribution >= 4 is 19.6 Å². The molecule has 0 heterocycles. The van der Waals surface area contributed by atoms with Crippen molar-refractivity contribution in [3.63, 3.8) is 0 Å². The van der Waals surface area contributed by atoms with E-state index in [4.69, 9.17) is 0 Å². The molecule has 0 radical (unpaired) electrons. The molecule has 0 fully saturated rings. The molecule has 0 atom stereocenters. The van der Waals surface area contributed by atoms with E-state index < -0.39 is 0 Å². The van der Waals surface area contributed by atoms with E-state index in [1.54, 1.807) is 4.43 Å². The summed E-state index contributed by atoms with van der Waals surface area (Å²) in [4.78, 5) is 0. The van der Waals surface area contributed by atoms with Gasteiger partial charge >= 0.3 is 0 Å². The van der Waals surface area contributed by atoms with Crippen molar-refractivity contribution in [2.45, 2.75) is 25.6 Å². The Morgan fingerprint density at radius 3 is 2.18 bits per heavy atom. The summed E-state index contributed by atoms with van der Waals surface area (Å²) in [7, 11) is 0. The lowest BCUT2D eigenvalue weighted by Gasteiger charge is -2.01. The average molecular weight is 164 g/mol.